The molecule has 0 saturated carbocycles. The van der Waals surface area contributed by atoms with Gasteiger partial charge in [0.1, 0.15) is 0 Å². The fourth-order valence-corrected chi connectivity index (χ4v) is 3.27. The van der Waals surface area contributed by atoms with E-state index in [9.17, 15) is 4.79 Å². The standard InChI is InChI=1S/C18H17N7OS/c1-24(2)18-20-17(21-22-18)19-16(26)13-11-14(15-9-6-10-27-15)25(23-13)12-7-4-3-5-8-12/h3-11H,1-2H3,(H2,19,20,21,22,26). The number of carbonyl (C=O) groups is 1. The number of benzene rings is 1. The van der Waals surface area contributed by atoms with Crippen LogP contribution in [0.4, 0.5) is 11.9 Å². The summed E-state index contributed by atoms with van der Waals surface area (Å²) in [5, 5.41) is 15.9. The van der Waals surface area contributed by atoms with Crippen molar-refractivity contribution in [2.45, 2.75) is 0 Å². The van der Waals surface area contributed by atoms with Crippen LogP contribution in [-0.4, -0.2) is 45.0 Å². The number of H-pyrrole nitrogens is 1. The number of para-hydroxylation sites is 1. The number of aromatic amines is 1. The van der Waals surface area contributed by atoms with Gasteiger partial charge in [0.15, 0.2) is 5.69 Å². The highest BCUT2D eigenvalue weighted by Gasteiger charge is 2.18. The monoisotopic (exact) mass is 379 g/mol. The van der Waals surface area contributed by atoms with E-state index in [0.29, 0.717) is 11.6 Å². The van der Waals surface area contributed by atoms with E-state index >= 15 is 0 Å². The zero-order valence-electron chi connectivity index (χ0n) is 14.7. The first-order valence-corrected chi connectivity index (χ1v) is 9.10. The van der Waals surface area contributed by atoms with E-state index < -0.39 is 0 Å². The molecule has 0 radical (unpaired) electrons. The Morgan fingerprint density at radius 3 is 2.67 bits per heavy atom. The Labute approximate surface area is 159 Å². The zero-order valence-corrected chi connectivity index (χ0v) is 15.6. The average Bonchev–Trinajstić information content (AvgIpc) is 3.42. The number of amides is 1. The number of carbonyl (C=O) groups excluding carboxylic acids is 1. The zero-order chi connectivity index (χ0) is 18.8. The molecule has 3 heterocycles. The van der Waals surface area contributed by atoms with Gasteiger partial charge < -0.3 is 4.90 Å². The molecular formula is C18H17N7OS. The molecule has 0 bridgehead atoms. The molecule has 0 aliphatic heterocycles. The van der Waals surface area contributed by atoms with Crippen LogP contribution in [0.25, 0.3) is 16.3 Å². The Hall–Kier alpha value is -3.46. The summed E-state index contributed by atoms with van der Waals surface area (Å²) >= 11 is 1.59. The molecule has 9 heteroatoms. The first-order chi connectivity index (χ1) is 13.1. The highest BCUT2D eigenvalue weighted by Crippen LogP contribution is 2.28. The van der Waals surface area contributed by atoms with Gasteiger partial charge in [0.2, 0.25) is 11.9 Å². The first-order valence-electron chi connectivity index (χ1n) is 8.22. The second-order valence-electron chi connectivity index (χ2n) is 5.97. The van der Waals surface area contributed by atoms with Crippen molar-refractivity contribution >= 4 is 29.1 Å². The number of hydrogen-bond acceptors (Lipinski definition) is 6. The Morgan fingerprint density at radius 2 is 2.00 bits per heavy atom. The number of hydrogen-bond donors (Lipinski definition) is 2. The lowest BCUT2D eigenvalue weighted by molar-refractivity contribution is 0.102. The van der Waals surface area contributed by atoms with Crippen LogP contribution in [0.3, 0.4) is 0 Å². The smallest absolute Gasteiger partial charge is 0.278 e. The maximum atomic E-state index is 12.7. The molecule has 0 atom stereocenters. The van der Waals surface area contributed by atoms with E-state index in [1.54, 1.807) is 27.0 Å². The van der Waals surface area contributed by atoms with E-state index in [4.69, 9.17) is 0 Å². The molecule has 2 N–H and O–H groups in total. The molecular weight excluding hydrogens is 362 g/mol. The van der Waals surface area contributed by atoms with Crippen molar-refractivity contribution in [3.8, 4) is 16.3 Å². The Bertz CT molecular complexity index is 1050. The van der Waals surface area contributed by atoms with E-state index in [1.165, 1.54) is 0 Å². The summed E-state index contributed by atoms with van der Waals surface area (Å²) in [6.45, 7) is 0. The van der Waals surface area contributed by atoms with Gasteiger partial charge in [0.05, 0.1) is 16.3 Å². The van der Waals surface area contributed by atoms with Gasteiger partial charge in [-0.05, 0) is 29.6 Å². The fraction of sp³-hybridized carbons (Fsp3) is 0.111. The molecule has 0 saturated heterocycles. The molecule has 0 spiro atoms. The van der Waals surface area contributed by atoms with Crippen LogP contribution in [0, 0.1) is 0 Å². The SMILES string of the molecule is CN(C)c1n[nH]c(NC(=O)c2cc(-c3cccs3)n(-c3ccccc3)n2)n1. The number of nitrogens with zero attached hydrogens (tertiary/aromatic N) is 5. The highest BCUT2D eigenvalue weighted by atomic mass is 32.1. The van der Waals surface area contributed by atoms with Crippen LogP contribution in [0.5, 0.6) is 0 Å². The Morgan fingerprint density at radius 1 is 1.19 bits per heavy atom. The molecule has 0 aliphatic rings. The second kappa shape index (κ2) is 7.04. The normalized spacial score (nSPS) is 10.7. The number of rotatable bonds is 5. The molecule has 0 fully saturated rings. The summed E-state index contributed by atoms with van der Waals surface area (Å²) in [6.07, 6.45) is 0. The van der Waals surface area contributed by atoms with Crippen LogP contribution in [0.1, 0.15) is 10.5 Å². The van der Waals surface area contributed by atoms with Crippen molar-refractivity contribution in [2.75, 3.05) is 24.3 Å². The van der Waals surface area contributed by atoms with Crippen molar-refractivity contribution in [3.63, 3.8) is 0 Å². The van der Waals surface area contributed by atoms with Crippen LogP contribution in [-0.2, 0) is 0 Å². The maximum absolute atomic E-state index is 12.7. The van der Waals surface area contributed by atoms with Crippen molar-refractivity contribution < 1.29 is 4.79 Å². The molecule has 0 unspecified atom stereocenters. The van der Waals surface area contributed by atoms with Gasteiger partial charge in [-0.1, -0.05) is 24.3 Å². The van der Waals surface area contributed by atoms with Gasteiger partial charge in [-0.3, -0.25) is 10.1 Å². The molecule has 4 rings (SSSR count). The summed E-state index contributed by atoms with van der Waals surface area (Å²) < 4.78 is 1.77. The predicted molar refractivity (Wildman–Crippen MR) is 106 cm³/mol. The largest absolute Gasteiger partial charge is 0.346 e. The van der Waals surface area contributed by atoms with E-state index in [0.717, 1.165) is 16.3 Å². The average molecular weight is 379 g/mol. The second-order valence-corrected chi connectivity index (χ2v) is 6.92. The number of anilines is 2. The topological polar surface area (TPSA) is 91.7 Å². The van der Waals surface area contributed by atoms with Crippen LogP contribution in [0.15, 0.2) is 53.9 Å². The lowest BCUT2D eigenvalue weighted by Crippen LogP contribution is -2.14. The number of thiophene rings is 1. The highest BCUT2D eigenvalue weighted by molar-refractivity contribution is 7.13. The lowest BCUT2D eigenvalue weighted by Gasteiger charge is -2.05. The summed E-state index contributed by atoms with van der Waals surface area (Å²) in [5.74, 6) is 0.402. The summed E-state index contributed by atoms with van der Waals surface area (Å²) in [7, 11) is 3.65. The van der Waals surface area contributed by atoms with E-state index in [1.807, 2.05) is 61.9 Å². The van der Waals surface area contributed by atoms with Crippen LogP contribution in [0.2, 0.25) is 0 Å². The Kier molecular flexibility index (Phi) is 4.43. The van der Waals surface area contributed by atoms with E-state index in [2.05, 4.69) is 25.6 Å². The van der Waals surface area contributed by atoms with Gasteiger partial charge in [-0.15, -0.1) is 16.4 Å². The predicted octanol–water partition coefficient (Wildman–Crippen LogP) is 3.04. The van der Waals surface area contributed by atoms with Gasteiger partial charge in [0.25, 0.3) is 5.91 Å². The molecule has 1 amide bonds. The number of nitrogens with one attached hydrogen (secondary N) is 2. The third-order valence-electron chi connectivity index (χ3n) is 3.82. The third kappa shape index (κ3) is 3.44. The van der Waals surface area contributed by atoms with Crippen LogP contribution >= 0.6 is 11.3 Å². The molecule has 0 aliphatic carbocycles. The summed E-state index contributed by atoms with van der Waals surface area (Å²) in [5.41, 5.74) is 2.03. The minimum absolute atomic E-state index is 0.274. The molecule has 3 aromatic heterocycles. The number of aromatic nitrogens is 5. The minimum atomic E-state index is -0.357. The minimum Gasteiger partial charge on any atom is -0.346 e. The Balaban J connectivity index is 1.67. The van der Waals surface area contributed by atoms with Crippen LogP contribution < -0.4 is 10.2 Å². The van der Waals surface area contributed by atoms with Gasteiger partial charge in [0, 0.05) is 14.1 Å². The van der Waals surface area contributed by atoms with Gasteiger partial charge in [-0.25, -0.2) is 9.78 Å². The molecule has 136 valence electrons. The molecule has 27 heavy (non-hydrogen) atoms. The van der Waals surface area contributed by atoms with E-state index in [-0.39, 0.29) is 11.9 Å². The van der Waals surface area contributed by atoms with Crippen molar-refractivity contribution in [1.29, 1.82) is 0 Å². The third-order valence-corrected chi connectivity index (χ3v) is 4.71. The summed E-state index contributed by atoms with van der Waals surface area (Å²) in [4.78, 5) is 19.7. The molecule has 4 aromatic rings. The van der Waals surface area contributed by atoms with Gasteiger partial charge >= 0.3 is 0 Å². The quantitative estimate of drug-likeness (QED) is 0.556. The van der Waals surface area contributed by atoms with Crippen molar-refractivity contribution in [2.24, 2.45) is 0 Å². The van der Waals surface area contributed by atoms with Crippen molar-refractivity contribution in [1.82, 2.24) is 25.0 Å². The lowest BCUT2D eigenvalue weighted by atomic mass is 10.2. The summed E-state index contributed by atoms with van der Waals surface area (Å²) in [6, 6.07) is 15.5. The maximum Gasteiger partial charge on any atom is 0.278 e. The molecule has 8 nitrogen and oxygen atoms in total. The van der Waals surface area contributed by atoms with Gasteiger partial charge in [-0.2, -0.15) is 10.1 Å². The fourth-order valence-electron chi connectivity index (χ4n) is 2.54. The first kappa shape index (κ1) is 17.0. The van der Waals surface area contributed by atoms with Crippen molar-refractivity contribution in [3.05, 3.63) is 59.6 Å². The molecule has 1 aromatic carbocycles.